The van der Waals surface area contributed by atoms with Crippen LogP contribution in [0.2, 0.25) is 0 Å². The molecule has 0 aromatic heterocycles. The summed E-state index contributed by atoms with van der Waals surface area (Å²) in [5, 5.41) is 0. The van der Waals surface area contributed by atoms with Crippen LogP contribution in [0.4, 0.5) is 0 Å². The zero-order chi connectivity index (χ0) is 16.4. The van der Waals surface area contributed by atoms with Gasteiger partial charge in [-0.2, -0.15) is 0 Å². The summed E-state index contributed by atoms with van der Waals surface area (Å²) in [6.45, 7) is 10.3. The standard InChI is InChI=1S/C22H35Br/c1-5-16-14(2)12-18-20-17(9-11-22(16,18)4)21(3)10-7-6-8-15(21)13-19(20)23/h8,14,16-20H,5-7,9-13H2,1-4H3/t14-,16+,17+,18+,19-,20-,21+,22-/m1/s1. The average Bonchev–Trinajstić information content (AvgIpc) is 2.77. The van der Waals surface area contributed by atoms with Gasteiger partial charge in [-0.1, -0.05) is 61.7 Å². The molecule has 130 valence electrons. The van der Waals surface area contributed by atoms with Gasteiger partial charge in [-0.15, -0.1) is 0 Å². The molecule has 4 rings (SSSR count). The number of allylic oxidation sites excluding steroid dienone is 2. The van der Waals surface area contributed by atoms with Crippen LogP contribution in [0.1, 0.15) is 79.1 Å². The fourth-order valence-electron chi connectivity index (χ4n) is 8.01. The van der Waals surface area contributed by atoms with Gasteiger partial charge in [0, 0.05) is 4.83 Å². The van der Waals surface area contributed by atoms with Crippen LogP contribution in [0.25, 0.3) is 0 Å². The highest BCUT2D eigenvalue weighted by molar-refractivity contribution is 9.09. The van der Waals surface area contributed by atoms with Gasteiger partial charge in [-0.25, -0.2) is 0 Å². The van der Waals surface area contributed by atoms with Crippen molar-refractivity contribution >= 4 is 15.9 Å². The van der Waals surface area contributed by atoms with E-state index in [0.717, 1.165) is 34.4 Å². The van der Waals surface area contributed by atoms with Crippen LogP contribution in [0.3, 0.4) is 0 Å². The van der Waals surface area contributed by atoms with Crippen molar-refractivity contribution in [2.75, 3.05) is 0 Å². The Morgan fingerprint density at radius 1 is 1.22 bits per heavy atom. The molecule has 0 saturated heterocycles. The fraction of sp³-hybridized carbons (Fsp3) is 0.909. The molecule has 0 amide bonds. The van der Waals surface area contributed by atoms with Crippen molar-refractivity contribution < 1.29 is 0 Å². The Balaban J connectivity index is 1.72. The number of hydrogen-bond donors (Lipinski definition) is 0. The molecule has 0 N–H and O–H groups in total. The largest absolute Gasteiger partial charge is 0.0884 e. The molecule has 0 bridgehead atoms. The summed E-state index contributed by atoms with van der Waals surface area (Å²) in [5.74, 6) is 4.72. The second-order valence-electron chi connectivity index (χ2n) is 9.82. The highest BCUT2D eigenvalue weighted by atomic mass is 79.9. The Hall–Kier alpha value is 0.220. The molecular formula is C22H35Br. The quantitative estimate of drug-likeness (QED) is 0.340. The Bertz CT molecular complexity index is 508. The highest BCUT2D eigenvalue weighted by Crippen LogP contribution is 2.68. The van der Waals surface area contributed by atoms with Gasteiger partial charge in [0.05, 0.1) is 0 Å². The highest BCUT2D eigenvalue weighted by Gasteiger charge is 2.61. The first-order chi connectivity index (χ1) is 10.9. The molecule has 4 aliphatic rings. The lowest BCUT2D eigenvalue weighted by Gasteiger charge is -2.60. The molecule has 8 atom stereocenters. The second kappa shape index (κ2) is 5.61. The summed E-state index contributed by atoms with van der Waals surface area (Å²) in [4.78, 5) is 0.734. The van der Waals surface area contributed by atoms with E-state index in [4.69, 9.17) is 0 Å². The number of rotatable bonds is 1. The number of hydrogen-bond acceptors (Lipinski definition) is 0. The van der Waals surface area contributed by atoms with E-state index in [-0.39, 0.29) is 0 Å². The van der Waals surface area contributed by atoms with Crippen LogP contribution in [0.5, 0.6) is 0 Å². The third-order valence-corrected chi connectivity index (χ3v) is 9.98. The zero-order valence-corrected chi connectivity index (χ0v) is 17.2. The molecule has 0 nitrogen and oxygen atoms in total. The minimum absolute atomic E-state index is 0.530. The van der Waals surface area contributed by atoms with E-state index < -0.39 is 0 Å². The van der Waals surface area contributed by atoms with Crippen LogP contribution < -0.4 is 0 Å². The summed E-state index contributed by atoms with van der Waals surface area (Å²) < 4.78 is 0. The molecule has 0 heterocycles. The van der Waals surface area contributed by atoms with Gasteiger partial charge in [-0.05, 0) is 85.4 Å². The third kappa shape index (κ3) is 2.20. The van der Waals surface area contributed by atoms with E-state index in [9.17, 15) is 0 Å². The molecule has 1 heteroatoms. The van der Waals surface area contributed by atoms with E-state index in [1.807, 2.05) is 5.57 Å². The predicted molar refractivity (Wildman–Crippen MR) is 103 cm³/mol. The average molecular weight is 379 g/mol. The number of halogens is 1. The number of alkyl halides is 1. The minimum Gasteiger partial charge on any atom is -0.0884 e. The van der Waals surface area contributed by atoms with Gasteiger partial charge in [-0.3, -0.25) is 0 Å². The maximum atomic E-state index is 4.20. The molecule has 0 radical (unpaired) electrons. The van der Waals surface area contributed by atoms with Gasteiger partial charge in [0.1, 0.15) is 0 Å². The summed E-state index contributed by atoms with van der Waals surface area (Å²) >= 11 is 4.20. The van der Waals surface area contributed by atoms with E-state index in [1.165, 1.54) is 51.4 Å². The van der Waals surface area contributed by atoms with Gasteiger partial charge in [0.15, 0.2) is 0 Å². The predicted octanol–water partition coefficient (Wildman–Crippen LogP) is 6.98. The maximum Gasteiger partial charge on any atom is 0.0217 e. The zero-order valence-electron chi connectivity index (χ0n) is 15.6. The molecule has 0 unspecified atom stereocenters. The lowest BCUT2D eigenvalue weighted by Crippen LogP contribution is -2.53. The topological polar surface area (TPSA) is 0 Å². The Labute approximate surface area is 152 Å². The lowest BCUT2D eigenvalue weighted by molar-refractivity contribution is -0.0479. The van der Waals surface area contributed by atoms with Crippen LogP contribution in [0.15, 0.2) is 11.6 Å². The molecule has 23 heavy (non-hydrogen) atoms. The van der Waals surface area contributed by atoms with E-state index in [0.29, 0.717) is 10.8 Å². The minimum atomic E-state index is 0.530. The Morgan fingerprint density at radius 2 is 2.00 bits per heavy atom. The van der Waals surface area contributed by atoms with E-state index in [2.05, 4.69) is 49.7 Å². The van der Waals surface area contributed by atoms with Crippen molar-refractivity contribution in [1.82, 2.24) is 0 Å². The van der Waals surface area contributed by atoms with Crippen LogP contribution in [-0.4, -0.2) is 4.83 Å². The summed E-state index contributed by atoms with van der Waals surface area (Å²) in [6, 6.07) is 0. The Morgan fingerprint density at radius 3 is 2.74 bits per heavy atom. The molecule has 3 fully saturated rings. The summed E-state index contributed by atoms with van der Waals surface area (Å²) in [5.41, 5.74) is 2.96. The molecular weight excluding hydrogens is 344 g/mol. The summed E-state index contributed by atoms with van der Waals surface area (Å²) in [7, 11) is 0. The van der Waals surface area contributed by atoms with Crippen LogP contribution >= 0.6 is 15.9 Å². The van der Waals surface area contributed by atoms with Crippen LogP contribution in [0, 0.1) is 40.4 Å². The molecule has 3 saturated carbocycles. The van der Waals surface area contributed by atoms with Gasteiger partial charge in [0.25, 0.3) is 0 Å². The van der Waals surface area contributed by atoms with Crippen molar-refractivity contribution in [2.24, 2.45) is 40.4 Å². The second-order valence-corrected chi connectivity index (χ2v) is 11.0. The van der Waals surface area contributed by atoms with Crippen molar-refractivity contribution in [3.8, 4) is 0 Å². The van der Waals surface area contributed by atoms with Crippen molar-refractivity contribution in [3.05, 3.63) is 11.6 Å². The smallest absolute Gasteiger partial charge is 0.0217 e. The van der Waals surface area contributed by atoms with Crippen molar-refractivity contribution in [2.45, 2.75) is 83.9 Å². The maximum absolute atomic E-state index is 4.20. The van der Waals surface area contributed by atoms with Crippen molar-refractivity contribution in [1.29, 1.82) is 0 Å². The van der Waals surface area contributed by atoms with Gasteiger partial charge < -0.3 is 0 Å². The lowest BCUT2D eigenvalue weighted by atomic mass is 9.47. The Kier molecular flexibility index (Phi) is 4.07. The monoisotopic (exact) mass is 378 g/mol. The first-order valence-corrected chi connectivity index (χ1v) is 11.2. The third-order valence-electron chi connectivity index (χ3n) is 9.05. The molecule has 0 aromatic rings. The van der Waals surface area contributed by atoms with Gasteiger partial charge >= 0.3 is 0 Å². The molecule has 0 aliphatic heterocycles. The summed E-state index contributed by atoms with van der Waals surface area (Å²) in [6.07, 6.45) is 14.0. The van der Waals surface area contributed by atoms with Gasteiger partial charge in [0.2, 0.25) is 0 Å². The molecule has 4 aliphatic carbocycles. The SMILES string of the molecule is CC[C@H]1[C@H](C)C[C@H]2[C@@H]3[C@H](Br)CC4=CCCC[C@]4(C)[C@H]3CC[C@@]21C. The van der Waals surface area contributed by atoms with E-state index >= 15 is 0 Å². The number of fused-ring (bicyclic) bond motifs is 5. The molecule has 0 spiro atoms. The fourth-order valence-corrected chi connectivity index (χ4v) is 9.09. The normalized spacial score (nSPS) is 55.6. The van der Waals surface area contributed by atoms with E-state index in [1.54, 1.807) is 0 Å². The first-order valence-electron chi connectivity index (χ1n) is 10.3. The molecule has 0 aromatic carbocycles. The van der Waals surface area contributed by atoms with Crippen molar-refractivity contribution in [3.63, 3.8) is 0 Å². The van der Waals surface area contributed by atoms with Crippen LogP contribution in [-0.2, 0) is 0 Å². The first kappa shape index (κ1) is 16.7.